The van der Waals surface area contributed by atoms with Gasteiger partial charge < -0.3 is 0 Å². The Morgan fingerprint density at radius 3 is 2.68 bits per heavy atom. The predicted molar refractivity (Wildman–Crippen MR) is 112 cm³/mol. The number of pyridine rings is 1. The van der Waals surface area contributed by atoms with Crippen molar-refractivity contribution in [3.8, 4) is 21.7 Å². The van der Waals surface area contributed by atoms with E-state index in [1.165, 1.54) is 27.7 Å². The first-order valence-electron chi connectivity index (χ1n) is 8.99. The number of carbonyl (C=O) groups excluding carboxylic acids is 1. The maximum Gasteiger partial charge on any atom is 0.276 e. The van der Waals surface area contributed by atoms with E-state index < -0.39 is 0 Å². The number of hydrogen-bond donors (Lipinski definition) is 1. The third-order valence-electron chi connectivity index (χ3n) is 5.17. The van der Waals surface area contributed by atoms with E-state index >= 15 is 0 Å². The standard InChI is InChI=1S/C22H14N4OS/c1-12-19(26-11-3-2-10-16(26)23-12)21(27)25-22-24-18-14-8-4-6-13-7-5-9-15(17(13)14)20(18)28-22/h2-11H,1H3,(H,24,25,27). The second-order valence-electron chi connectivity index (χ2n) is 6.83. The molecule has 0 fully saturated rings. The van der Waals surface area contributed by atoms with Crippen molar-refractivity contribution in [1.82, 2.24) is 14.4 Å². The van der Waals surface area contributed by atoms with Crippen LogP contribution in [0.1, 0.15) is 16.2 Å². The van der Waals surface area contributed by atoms with E-state index in [0.717, 1.165) is 21.8 Å². The number of thiazole rings is 1. The van der Waals surface area contributed by atoms with Crippen LogP contribution in [0.25, 0.3) is 38.1 Å². The average Bonchev–Trinajstić information content (AvgIpc) is 3.34. The zero-order valence-electron chi connectivity index (χ0n) is 14.9. The molecule has 6 heteroatoms. The fraction of sp³-hybridized carbons (Fsp3) is 0.0455. The van der Waals surface area contributed by atoms with Crippen molar-refractivity contribution in [1.29, 1.82) is 0 Å². The second kappa shape index (κ2) is 5.50. The van der Waals surface area contributed by atoms with Crippen LogP contribution in [-0.2, 0) is 0 Å². The number of fused-ring (bicyclic) bond motifs is 4. The average molecular weight is 382 g/mol. The topological polar surface area (TPSA) is 59.3 Å². The number of nitrogens with one attached hydrogen (secondary N) is 1. The lowest BCUT2D eigenvalue weighted by molar-refractivity contribution is 0.102. The Balaban J connectivity index is 1.42. The van der Waals surface area contributed by atoms with Crippen molar-refractivity contribution in [3.63, 3.8) is 0 Å². The van der Waals surface area contributed by atoms with Gasteiger partial charge in [0.15, 0.2) is 5.13 Å². The Morgan fingerprint density at radius 2 is 1.82 bits per heavy atom. The van der Waals surface area contributed by atoms with Crippen molar-refractivity contribution < 1.29 is 4.79 Å². The lowest BCUT2D eigenvalue weighted by atomic mass is 10.0. The molecule has 0 spiro atoms. The van der Waals surface area contributed by atoms with Crippen LogP contribution in [0.3, 0.4) is 0 Å². The van der Waals surface area contributed by atoms with Gasteiger partial charge in [-0.05, 0) is 29.8 Å². The van der Waals surface area contributed by atoms with Gasteiger partial charge in [-0.25, -0.2) is 9.97 Å². The minimum atomic E-state index is -0.199. The van der Waals surface area contributed by atoms with Crippen LogP contribution in [0.5, 0.6) is 0 Å². The summed E-state index contributed by atoms with van der Waals surface area (Å²) < 4.78 is 1.81. The molecule has 134 valence electrons. The highest BCUT2D eigenvalue weighted by Crippen LogP contribution is 2.50. The van der Waals surface area contributed by atoms with Crippen molar-refractivity contribution in [2.45, 2.75) is 6.92 Å². The zero-order valence-corrected chi connectivity index (χ0v) is 15.7. The van der Waals surface area contributed by atoms with Crippen LogP contribution in [0.4, 0.5) is 5.13 Å². The lowest BCUT2D eigenvalue weighted by Crippen LogP contribution is -2.15. The largest absolute Gasteiger partial charge is 0.296 e. The maximum absolute atomic E-state index is 13.0. The fourth-order valence-corrected chi connectivity index (χ4v) is 5.02. The molecule has 0 saturated heterocycles. The summed E-state index contributed by atoms with van der Waals surface area (Å²) in [5, 5.41) is 6.04. The van der Waals surface area contributed by atoms with E-state index in [4.69, 9.17) is 4.98 Å². The van der Waals surface area contributed by atoms with E-state index in [9.17, 15) is 4.79 Å². The Hall–Kier alpha value is -3.51. The van der Waals surface area contributed by atoms with E-state index in [1.807, 2.05) is 35.7 Å². The summed E-state index contributed by atoms with van der Waals surface area (Å²) in [5.41, 5.74) is 5.25. The summed E-state index contributed by atoms with van der Waals surface area (Å²) in [6.07, 6.45) is 1.85. The SMILES string of the molecule is Cc1nc2ccccn2c1C(=O)Nc1nc2c(s1)-c1cccc3cccc-2c13. The molecule has 0 aliphatic heterocycles. The van der Waals surface area contributed by atoms with E-state index in [0.29, 0.717) is 16.5 Å². The van der Waals surface area contributed by atoms with Gasteiger partial charge in [0.1, 0.15) is 11.3 Å². The van der Waals surface area contributed by atoms with Crippen molar-refractivity contribution in [2.24, 2.45) is 0 Å². The molecular formula is C22H14N4OS. The number of amides is 1. The minimum absolute atomic E-state index is 0.199. The normalized spacial score (nSPS) is 11.9. The van der Waals surface area contributed by atoms with Gasteiger partial charge in [-0.2, -0.15) is 0 Å². The van der Waals surface area contributed by atoms with Crippen LogP contribution in [-0.4, -0.2) is 20.3 Å². The number of carbonyl (C=O) groups is 1. The molecule has 5 nitrogen and oxygen atoms in total. The first-order valence-corrected chi connectivity index (χ1v) is 9.81. The highest BCUT2D eigenvalue weighted by Gasteiger charge is 2.26. The summed E-state index contributed by atoms with van der Waals surface area (Å²) in [6, 6.07) is 18.3. The fourth-order valence-electron chi connectivity index (χ4n) is 4.01. The van der Waals surface area contributed by atoms with Gasteiger partial charge in [0.25, 0.3) is 5.91 Å². The lowest BCUT2D eigenvalue weighted by Gasteiger charge is -2.04. The highest BCUT2D eigenvalue weighted by molar-refractivity contribution is 7.20. The molecular weight excluding hydrogens is 368 g/mol. The molecule has 0 saturated carbocycles. The third kappa shape index (κ3) is 2.03. The number of hydrogen-bond acceptors (Lipinski definition) is 4. The quantitative estimate of drug-likeness (QED) is 0.450. The Kier molecular flexibility index (Phi) is 3.05. The van der Waals surface area contributed by atoms with Gasteiger partial charge in [-0.1, -0.05) is 53.8 Å². The predicted octanol–water partition coefficient (Wildman–Crippen LogP) is 5.15. The monoisotopic (exact) mass is 382 g/mol. The number of benzene rings is 2. The molecule has 3 heterocycles. The van der Waals surface area contributed by atoms with Crippen LogP contribution >= 0.6 is 11.3 Å². The van der Waals surface area contributed by atoms with Crippen LogP contribution < -0.4 is 5.32 Å². The highest BCUT2D eigenvalue weighted by atomic mass is 32.1. The Morgan fingerprint density at radius 1 is 1.00 bits per heavy atom. The molecule has 1 aliphatic carbocycles. The zero-order chi connectivity index (χ0) is 18.8. The number of nitrogens with zero attached hydrogens (tertiary/aromatic N) is 3. The summed E-state index contributed by atoms with van der Waals surface area (Å²) in [4.78, 5) is 23.3. The number of imidazole rings is 1. The summed E-state index contributed by atoms with van der Waals surface area (Å²) in [6.45, 7) is 1.85. The first-order chi connectivity index (χ1) is 13.7. The van der Waals surface area contributed by atoms with Gasteiger partial charge in [0.05, 0.1) is 16.3 Å². The molecule has 1 N–H and O–H groups in total. The second-order valence-corrected chi connectivity index (χ2v) is 7.83. The smallest absolute Gasteiger partial charge is 0.276 e. The van der Waals surface area contributed by atoms with Crippen molar-refractivity contribution in [3.05, 3.63) is 72.2 Å². The molecule has 0 atom stereocenters. The summed E-state index contributed by atoms with van der Waals surface area (Å²) in [5.74, 6) is -0.199. The number of aromatic nitrogens is 3. The van der Waals surface area contributed by atoms with E-state index in [-0.39, 0.29) is 5.91 Å². The molecule has 28 heavy (non-hydrogen) atoms. The molecule has 6 rings (SSSR count). The molecule has 3 aromatic heterocycles. The third-order valence-corrected chi connectivity index (χ3v) is 6.18. The van der Waals surface area contributed by atoms with Crippen LogP contribution in [0.15, 0.2) is 60.8 Å². The molecule has 2 aromatic carbocycles. The van der Waals surface area contributed by atoms with Crippen LogP contribution in [0, 0.1) is 6.92 Å². The molecule has 0 unspecified atom stereocenters. The van der Waals surface area contributed by atoms with Gasteiger partial charge in [-0.3, -0.25) is 14.5 Å². The Labute approximate surface area is 164 Å². The van der Waals surface area contributed by atoms with Crippen molar-refractivity contribution >= 4 is 38.8 Å². The molecule has 1 aliphatic rings. The first kappa shape index (κ1) is 15.5. The van der Waals surface area contributed by atoms with Gasteiger partial charge in [-0.15, -0.1) is 0 Å². The minimum Gasteiger partial charge on any atom is -0.296 e. The van der Waals surface area contributed by atoms with E-state index in [1.54, 1.807) is 0 Å². The molecule has 0 radical (unpaired) electrons. The van der Waals surface area contributed by atoms with Gasteiger partial charge in [0.2, 0.25) is 0 Å². The molecule has 0 bridgehead atoms. The summed E-state index contributed by atoms with van der Waals surface area (Å²) >= 11 is 1.52. The van der Waals surface area contributed by atoms with Crippen LogP contribution in [0.2, 0.25) is 0 Å². The van der Waals surface area contributed by atoms with Gasteiger partial charge in [0, 0.05) is 17.3 Å². The summed E-state index contributed by atoms with van der Waals surface area (Å²) in [7, 11) is 0. The number of anilines is 1. The molecule has 5 aromatic rings. The maximum atomic E-state index is 13.0. The molecule has 1 amide bonds. The Bertz CT molecular complexity index is 1370. The van der Waals surface area contributed by atoms with E-state index in [2.05, 4.69) is 46.7 Å². The number of rotatable bonds is 2. The van der Waals surface area contributed by atoms with Gasteiger partial charge >= 0.3 is 0 Å². The number of aryl methyl sites for hydroxylation is 1. The van der Waals surface area contributed by atoms with Crippen molar-refractivity contribution in [2.75, 3.05) is 5.32 Å².